The smallest absolute Gasteiger partial charge is 0.160 e. The van der Waals surface area contributed by atoms with Crippen LogP contribution in [-0.2, 0) is 0 Å². The topological polar surface area (TPSA) is 51.8 Å². The number of benzene rings is 9. The molecule has 0 unspecified atom stereocenters. The Hall–Kier alpha value is -7.69. The molecule has 264 valence electrons. The van der Waals surface area contributed by atoms with Gasteiger partial charge in [-0.2, -0.15) is 0 Å². The molecule has 12 aromatic rings. The molecule has 3 heterocycles. The predicted molar refractivity (Wildman–Crippen MR) is 235 cm³/mol. The molecule has 0 spiro atoms. The normalized spacial score (nSPS) is 11.9. The maximum Gasteiger partial charge on any atom is 0.160 e. The third-order valence-electron chi connectivity index (χ3n) is 11.4. The van der Waals surface area contributed by atoms with Crippen molar-refractivity contribution in [1.82, 2.24) is 15.0 Å². The van der Waals surface area contributed by atoms with Gasteiger partial charge in [0.15, 0.2) is 5.82 Å². The van der Waals surface area contributed by atoms with Crippen molar-refractivity contribution >= 4 is 65.2 Å². The van der Waals surface area contributed by atoms with Gasteiger partial charge in [-0.1, -0.05) is 164 Å². The van der Waals surface area contributed by atoms with Crippen molar-refractivity contribution in [2.75, 3.05) is 0 Å². The molecule has 9 aromatic carbocycles. The van der Waals surface area contributed by atoms with Crippen molar-refractivity contribution in [1.29, 1.82) is 0 Å². The van der Waals surface area contributed by atoms with Gasteiger partial charge in [0.25, 0.3) is 0 Å². The first-order valence-corrected chi connectivity index (χ1v) is 19.3. The quantitative estimate of drug-likeness (QED) is 0.166. The highest BCUT2D eigenvalue weighted by Gasteiger charge is 2.19. The van der Waals surface area contributed by atoms with Gasteiger partial charge in [-0.3, -0.25) is 0 Å². The van der Waals surface area contributed by atoms with Gasteiger partial charge in [0.2, 0.25) is 0 Å². The predicted octanol–water partition coefficient (Wildman–Crippen LogP) is 14.2. The Bertz CT molecular complexity index is 3480. The largest absolute Gasteiger partial charge is 0.455 e. The highest BCUT2D eigenvalue weighted by molar-refractivity contribution is 6.25. The molecule has 0 amide bonds. The molecule has 0 fully saturated rings. The Morgan fingerprint density at radius 3 is 1.70 bits per heavy atom. The van der Waals surface area contributed by atoms with Crippen LogP contribution < -0.4 is 0 Å². The third-order valence-corrected chi connectivity index (χ3v) is 11.4. The summed E-state index contributed by atoms with van der Waals surface area (Å²) in [6.07, 6.45) is 0. The van der Waals surface area contributed by atoms with Crippen molar-refractivity contribution < 1.29 is 4.42 Å². The average Bonchev–Trinajstić information content (AvgIpc) is 3.68. The van der Waals surface area contributed by atoms with Crippen LogP contribution in [0, 0.1) is 0 Å². The van der Waals surface area contributed by atoms with E-state index in [1.54, 1.807) is 0 Å². The van der Waals surface area contributed by atoms with E-state index >= 15 is 0 Å². The molecule has 0 aliphatic rings. The van der Waals surface area contributed by atoms with Crippen LogP contribution >= 0.6 is 0 Å². The maximum atomic E-state index is 6.45. The molecule has 3 aromatic heterocycles. The van der Waals surface area contributed by atoms with Crippen LogP contribution in [0.3, 0.4) is 0 Å². The second kappa shape index (κ2) is 12.4. The van der Waals surface area contributed by atoms with Gasteiger partial charge in [-0.15, -0.1) is 0 Å². The summed E-state index contributed by atoms with van der Waals surface area (Å²) >= 11 is 0. The van der Waals surface area contributed by atoms with Crippen LogP contribution in [0.5, 0.6) is 0 Å². The van der Waals surface area contributed by atoms with Crippen molar-refractivity contribution in [2.24, 2.45) is 0 Å². The number of furan rings is 1. The van der Waals surface area contributed by atoms with Crippen LogP contribution in [0.2, 0.25) is 0 Å². The number of pyridine rings is 1. The second-order valence-electron chi connectivity index (χ2n) is 14.7. The lowest BCUT2D eigenvalue weighted by molar-refractivity contribution is 0.672. The van der Waals surface area contributed by atoms with E-state index in [1.165, 1.54) is 43.4 Å². The van der Waals surface area contributed by atoms with E-state index < -0.39 is 0 Å². The number of rotatable bonds is 5. The van der Waals surface area contributed by atoms with E-state index in [2.05, 4.69) is 140 Å². The number of nitrogens with zero attached hydrogens (tertiary/aromatic N) is 3. The minimum absolute atomic E-state index is 0.686. The van der Waals surface area contributed by atoms with Gasteiger partial charge in [0, 0.05) is 33.0 Å². The Morgan fingerprint density at radius 1 is 0.351 bits per heavy atom. The monoisotopic (exact) mass is 725 g/mol. The molecule has 0 N–H and O–H groups in total. The fourth-order valence-corrected chi connectivity index (χ4v) is 8.68. The number of fused-ring (bicyclic) bond motifs is 5. The molecule has 0 radical (unpaired) electrons. The van der Waals surface area contributed by atoms with Gasteiger partial charge >= 0.3 is 0 Å². The summed E-state index contributed by atoms with van der Waals surface area (Å²) < 4.78 is 6.45. The van der Waals surface area contributed by atoms with Crippen LogP contribution in [0.1, 0.15) is 0 Å². The summed E-state index contributed by atoms with van der Waals surface area (Å²) in [6.45, 7) is 0. The molecule has 0 aliphatic carbocycles. The van der Waals surface area contributed by atoms with E-state index in [-0.39, 0.29) is 0 Å². The van der Waals surface area contributed by atoms with Gasteiger partial charge < -0.3 is 4.42 Å². The standard InChI is InChI=1S/C53H31N3O/c1-2-9-39(10-3-1)53-55-45(33-19-17-32(18-20-33)40-29-27-37-24-23-35-11-8-12-36-28-30-41(40)49(37)48(35)36)31-46(56-53)34-21-25-38(26-22-34)51-50-43-14-5-7-16-47(43)57-52(50)42-13-4-6-15-44(42)54-51/h1-31H. The molecule has 0 atom stereocenters. The molecule has 0 bridgehead atoms. The van der Waals surface area contributed by atoms with Crippen molar-refractivity contribution in [3.63, 3.8) is 0 Å². The lowest BCUT2D eigenvalue weighted by atomic mass is 9.89. The Kier molecular flexibility index (Phi) is 6.89. The first kappa shape index (κ1) is 31.6. The SMILES string of the molecule is c1ccc(-c2nc(-c3ccc(-c4ccc5ccc6cccc7ccc4c5c67)cc3)cc(-c3ccc(-c4nc5ccccc5c5oc6ccccc6c45)cc3)n2)cc1. The first-order valence-electron chi connectivity index (χ1n) is 19.3. The lowest BCUT2D eigenvalue weighted by Crippen LogP contribution is -1.96. The summed E-state index contributed by atoms with van der Waals surface area (Å²) in [6, 6.07) is 66.1. The molecule has 12 rings (SSSR count). The van der Waals surface area contributed by atoms with Crippen molar-refractivity contribution in [3.05, 3.63) is 188 Å². The van der Waals surface area contributed by atoms with E-state index in [9.17, 15) is 0 Å². The molecule has 4 nitrogen and oxygen atoms in total. The fourth-order valence-electron chi connectivity index (χ4n) is 8.68. The van der Waals surface area contributed by atoms with Crippen molar-refractivity contribution in [3.8, 4) is 56.3 Å². The van der Waals surface area contributed by atoms with Crippen LogP contribution in [0.25, 0.3) is 121 Å². The molecule has 0 aliphatic heterocycles. The molecular weight excluding hydrogens is 695 g/mol. The minimum atomic E-state index is 0.686. The zero-order chi connectivity index (χ0) is 37.5. The van der Waals surface area contributed by atoms with Gasteiger partial charge in [-0.05, 0) is 67.7 Å². The second-order valence-corrected chi connectivity index (χ2v) is 14.7. The summed E-state index contributed by atoms with van der Waals surface area (Å²) in [4.78, 5) is 15.4. The zero-order valence-electron chi connectivity index (χ0n) is 30.6. The zero-order valence-corrected chi connectivity index (χ0v) is 30.6. The highest BCUT2D eigenvalue weighted by atomic mass is 16.3. The molecule has 0 saturated heterocycles. The molecule has 0 saturated carbocycles. The highest BCUT2D eigenvalue weighted by Crippen LogP contribution is 2.41. The summed E-state index contributed by atoms with van der Waals surface area (Å²) in [5.41, 5.74) is 11.7. The fraction of sp³-hybridized carbons (Fsp3) is 0. The molecule has 57 heavy (non-hydrogen) atoms. The molecular formula is C53H31N3O. The summed E-state index contributed by atoms with van der Waals surface area (Å²) in [7, 11) is 0. The first-order chi connectivity index (χ1) is 28.2. The molecule has 4 heteroatoms. The van der Waals surface area contributed by atoms with E-state index in [0.717, 1.165) is 72.2 Å². The Balaban J connectivity index is 0.957. The maximum absolute atomic E-state index is 6.45. The average molecular weight is 726 g/mol. The Labute approximate surface area is 327 Å². The van der Waals surface area contributed by atoms with Crippen LogP contribution in [0.15, 0.2) is 192 Å². The van der Waals surface area contributed by atoms with E-state index in [1.807, 2.05) is 48.5 Å². The minimum Gasteiger partial charge on any atom is -0.455 e. The summed E-state index contributed by atoms with van der Waals surface area (Å²) in [5.74, 6) is 0.686. The van der Waals surface area contributed by atoms with Crippen molar-refractivity contribution in [2.45, 2.75) is 0 Å². The number of hydrogen-bond acceptors (Lipinski definition) is 4. The van der Waals surface area contributed by atoms with Gasteiger partial charge in [0.05, 0.1) is 28.0 Å². The van der Waals surface area contributed by atoms with Crippen LogP contribution in [0.4, 0.5) is 0 Å². The number of hydrogen-bond donors (Lipinski definition) is 0. The van der Waals surface area contributed by atoms with Gasteiger partial charge in [0.1, 0.15) is 11.2 Å². The lowest BCUT2D eigenvalue weighted by Gasteiger charge is -2.14. The number of para-hydroxylation sites is 2. The van der Waals surface area contributed by atoms with Crippen LogP contribution in [-0.4, -0.2) is 15.0 Å². The van der Waals surface area contributed by atoms with Gasteiger partial charge in [-0.25, -0.2) is 15.0 Å². The van der Waals surface area contributed by atoms with E-state index in [0.29, 0.717) is 5.82 Å². The number of aromatic nitrogens is 3. The third kappa shape index (κ3) is 5.04. The summed E-state index contributed by atoms with van der Waals surface area (Å²) in [5, 5.41) is 10.8. The van der Waals surface area contributed by atoms with E-state index in [4.69, 9.17) is 19.4 Å². The Morgan fingerprint density at radius 2 is 0.947 bits per heavy atom.